The van der Waals surface area contributed by atoms with Crippen molar-refractivity contribution >= 4 is 27.5 Å². The number of ether oxygens (including phenoxy) is 1. The zero-order valence-electron chi connectivity index (χ0n) is 10.3. The van der Waals surface area contributed by atoms with E-state index in [1.165, 1.54) is 0 Å². The molecule has 0 radical (unpaired) electrons. The van der Waals surface area contributed by atoms with Crippen LogP contribution < -0.4 is 15.0 Å². The fraction of sp³-hybridized carbons (Fsp3) is 0.417. The lowest BCUT2D eigenvalue weighted by molar-refractivity contribution is -0.118. The Bertz CT molecular complexity index is 396. The van der Waals surface area contributed by atoms with E-state index in [0.717, 1.165) is 15.9 Å². The molecule has 5 heteroatoms. The van der Waals surface area contributed by atoms with E-state index in [1.807, 2.05) is 25.2 Å². The van der Waals surface area contributed by atoms with E-state index in [9.17, 15) is 4.79 Å². The van der Waals surface area contributed by atoms with E-state index >= 15 is 0 Å². The van der Waals surface area contributed by atoms with Crippen LogP contribution in [0, 0.1) is 0 Å². The Morgan fingerprint density at radius 1 is 1.53 bits per heavy atom. The molecule has 1 aromatic rings. The minimum Gasteiger partial charge on any atom is -0.496 e. The van der Waals surface area contributed by atoms with Crippen molar-refractivity contribution in [2.75, 3.05) is 32.6 Å². The molecule has 0 saturated carbocycles. The summed E-state index contributed by atoms with van der Waals surface area (Å²) in [7, 11) is 5.21. The molecule has 17 heavy (non-hydrogen) atoms. The molecule has 0 heterocycles. The van der Waals surface area contributed by atoms with Crippen LogP contribution >= 0.6 is 15.9 Å². The number of anilines is 1. The molecule has 0 aliphatic rings. The SMILES string of the molecule is CNCCC(=O)N(C)c1ccc(OC)c(Br)c1. The fourth-order valence-corrected chi connectivity index (χ4v) is 1.94. The minimum absolute atomic E-state index is 0.0800. The van der Waals surface area contributed by atoms with Gasteiger partial charge < -0.3 is 15.0 Å². The number of benzene rings is 1. The summed E-state index contributed by atoms with van der Waals surface area (Å²) in [5, 5.41) is 2.96. The normalized spacial score (nSPS) is 10.1. The summed E-state index contributed by atoms with van der Waals surface area (Å²) >= 11 is 3.40. The quantitative estimate of drug-likeness (QED) is 0.905. The second-order valence-corrected chi connectivity index (χ2v) is 4.48. The van der Waals surface area contributed by atoms with Gasteiger partial charge in [0.15, 0.2) is 0 Å². The maximum absolute atomic E-state index is 11.8. The lowest BCUT2D eigenvalue weighted by Crippen LogP contribution is -2.28. The monoisotopic (exact) mass is 300 g/mol. The third-order valence-corrected chi connectivity index (χ3v) is 3.11. The molecule has 0 aliphatic carbocycles. The van der Waals surface area contributed by atoms with Crippen molar-refractivity contribution in [3.05, 3.63) is 22.7 Å². The number of rotatable bonds is 5. The lowest BCUT2D eigenvalue weighted by Gasteiger charge is -2.18. The molecule has 1 aromatic carbocycles. The molecule has 0 bridgehead atoms. The summed E-state index contributed by atoms with van der Waals surface area (Å²) in [6, 6.07) is 5.57. The first-order chi connectivity index (χ1) is 8.10. The van der Waals surface area contributed by atoms with Gasteiger partial charge in [-0.05, 0) is 41.2 Å². The molecule has 1 N–H and O–H groups in total. The molecule has 4 nitrogen and oxygen atoms in total. The number of nitrogens with zero attached hydrogens (tertiary/aromatic N) is 1. The highest BCUT2D eigenvalue weighted by Gasteiger charge is 2.11. The summed E-state index contributed by atoms with van der Waals surface area (Å²) in [6.07, 6.45) is 0.483. The number of nitrogens with one attached hydrogen (secondary N) is 1. The first-order valence-electron chi connectivity index (χ1n) is 5.35. The predicted molar refractivity (Wildman–Crippen MR) is 72.6 cm³/mol. The summed E-state index contributed by atoms with van der Waals surface area (Å²) in [5.41, 5.74) is 0.846. The average molecular weight is 301 g/mol. The van der Waals surface area contributed by atoms with Gasteiger partial charge in [-0.25, -0.2) is 0 Å². The molecule has 1 amide bonds. The molecule has 0 saturated heterocycles. The summed E-state index contributed by atoms with van der Waals surface area (Å²) in [4.78, 5) is 13.4. The Kier molecular flexibility index (Phi) is 5.44. The van der Waals surface area contributed by atoms with E-state index in [4.69, 9.17) is 4.74 Å². The Morgan fingerprint density at radius 2 is 2.24 bits per heavy atom. The van der Waals surface area contributed by atoms with E-state index in [2.05, 4.69) is 21.2 Å². The van der Waals surface area contributed by atoms with Crippen molar-refractivity contribution in [3.8, 4) is 5.75 Å². The molecule has 0 unspecified atom stereocenters. The molecule has 94 valence electrons. The van der Waals surface area contributed by atoms with E-state index in [0.29, 0.717) is 13.0 Å². The van der Waals surface area contributed by atoms with Crippen LogP contribution in [0.3, 0.4) is 0 Å². The van der Waals surface area contributed by atoms with Gasteiger partial charge in [-0.1, -0.05) is 0 Å². The second kappa shape index (κ2) is 6.61. The molecular weight excluding hydrogens is 284 g/mol. The van der Waals surface area contributed by atoms with Crippen LogP contribution in [0.5, 0.6) is 5.75 Å². The van der Waals surface area contributed by atoms with E-state index in [1.54, 1.807) is 19.1 Å². The second-order valence-electron chi connectivity index (χ2n) is 3.63. The van der Waals surface area contributed by atoms with Gasteiger partial charge in [-0.3, -0.25) is 4.79 Å². The third kappa shape index (κ3) is 3.71. The van der Waals surface area contributed by atoms with Crippen molar-refractivity contribution in [3.63, 3.8) is 0 Å². The minimum atomic E-state index is 0.0800. The number of carbonyl (C=O) groups is 1. The van der Waals surface area contributed by atoms with Crippen LogP contribution in [0.4, 0.5) is 5.69 Å². The predicted octanol–water partition coefficient (Wildman–Crippen LogP) is 2.03. The Hall–Kier alpha value is -1.07. The molecular formula is C12H17BrN2O2. The highest BCUT2D eigenvalue weighted by atomic mass is 79.9. The molecule has 0 atom stereocenters. The van der Waals surface area contributed by atoms with Gasteiger partial charge in [0.1, 0.15) is 5.75 Å². The lowest BCUT2D eigenvalue weighted by atomic mass is 10.2. The standard InChI is InChI=1S/C12H17BrN2O2/c1-14-7-6-12(16)15(2)9-4-5-11(17-3)10(13)8-9/h4-5,8,14H,6-7H2,1-3H3. The number of hydrogen-bond donors (Lipinski definition) is 1. The van der Waals surface area contributed by atoms with E-state index < -0.39 is 0 Å². The van der Waals surface area contributed by atoms with Gasteiger partial charge in [0.25, 0.3) is 0 Å². The van der Waals surface area contributed by atoms with Gasteiger partial charge in [0, 0.05) is 25.7 Å². The van der Waals surface area contributed by atoms with Gasteiger partial charge in [-0.2, -0.15) is 0 Å². The molecule has 1 rings (SSSR count). The first-order valence-corrected chi connectivity index (χ1v) is 6.14. The smallest absolute Gasteiger partial charge is 0.227 e. The Labute approximate surface area is 110 Å². The van der Waals surface area contributed by atoms with Crippen molar-refractivity contribution in [1.29, 1.82) is 0 Å². The van der Waals surface area contributed by atoms with Crippen LogP contribution in [0.25, 0.3) is 0 Å². The third-order valence-electron chi connectivity index (χ3n) is 2.49. The first kappa shape index (κ1) is 14.0. The molecule has 0 aliphatic heterocycles. The number of carbonyl (C=O) groups excluding carboxylic acids is 1. The molecule has 0 aromatic heterocycles. The van der Waals surface area contributed by atoms with E-state index in [-0.39, 0.29) is 5.91 Å². The molecule has 0 spiro atoms. The highest BCUT2D eigenvalue weighted by Crippen LogP contribution is 2.29. The van der Waals surface area contributed by atoms with Gasteiger partial charge >= 0.3 is 0 Å². The topological polar surface area (TPSA) is 41.6 Å². The maximum atomic E-state index is 11.8. The number of amides is 1. The maximum Gasteiger partial charge on any atom is 0.227 e. The largest absolute Gasteiger partial charge is 0.496 e. The van der Waals surface area contributed by atoms with Crippen molar-refractivity contribution in [1.82, 2.24) is 5.32 Å². The van der Waals surface area contributed by atoms with Crippen molar-refractivity contribution in [2.24, 2.45) is 0 Å². The average Bonchev–Trinajstić information content (AvgIpc) is 2.34. The van der Waals surface area contributed by atoms with Crippen LogP contribution in [-0.2, 0) is 4.79 Å². The zero-order chi connectivity index (χ0) is 12.8. The van der Waals surface area contributed by atoms with Crippen LogP contribution in [0.2, 0.25) is 0 Å². The van der Waals surface area contributed by atoms with Gasteiger partial charge in [0.2, 0.25) is 5.91 Å². The summed E-state index contributed by atoms with van der Waals surface area (Å²) < 4.78 is 5.98. The fourth-order valence-electron chi connectivity index (χ4n) is 1.41. The van der Waals surface area contributed by atoms with Crippen LogP contribution in [0.1, 0.15) is 6.42 Å². The van der Waals surface area contributed by atoms with Crippen LogP contribution in [0.15, 0.2) is 22.7 Å². The van der Waals surface area contributed by atoms with Crippen LogP contribution in [-0.4, -0.2) is 33.7 Å². The number of halogens is 1. The van der Waals surface area contributed by atoms with Gasteiger partial charge in [0.05, 0.1) is 11.6 Å². The van der Waals surface area contributed by atoms with Crippen molar-refractivity contribution in [2.45, 2.75) is 6.42 Å². The zero-order valence-corrected chi connectivity index (χ0v) is 11.9. The number of methoxy groups -OCH3 is 1. The van der Waals surface area contributed by atoms with Gasteiger partial charge in [-0.15, -0.1) is 0 Å². The summed E-state index contributed by atoms with van der Waals surface area (Å²) in [5.74, 6) is 0.834. The van der Waals surface area contributed by atoms with Crippen molar-refractivity contribution < 1.29 is 9.53 Å². The molecule has 0 fully saturated rings. The number of hydrogen-bond acceptors (Lipinski definition) is 3. The Balaban J connectivity index is 2.78. The summed E-state index contributed by atoms with van der Waals surface area (Å²) in [6.45, 7) is 0.681. The highest BCUT2D eigenvalue weighted by molar-refractivity contribution is 9.10. The Morgan fingerprint density at radius 3 is 2.76 bits per heavy atom.